The number of nitrogens with one attached hydrogen (secondary N) is 1. The van der Waals surface area contributed by atoms with Crippen LogP contribution in [-0.2, 0) is 12.8 Å². The van der Waals surface area contributed by atoms with E-state index < -0.39 is 0 Å². The highest BCUT2D eigenvalue weighted by Crippen LogP contribution is 2.33. The van der Waals surface area contributed by atoms with E-state index in [9.17, 15) is 0 Å². The van der Waals surface area contributed by atoms with E-state index in [1.807, 2.05) is 0 Å². The molecule has 0 spiro atoms. The molecule has 1 N–H and O–H groups in total. The number of hydrogen-bond donors (Lipinski definition) is 1. The molecule has 3 aromatic rings. The highest BCUT2D eigenvalue weighted by molar-refractivity contribution is 7.14. The summed E-state index contributed by atoms with van der Waals surface area (Å²) in [5.41, 5.74) is 6.50. The Balaban J connectivity index is 2.12. The zero-order valence-corrected chi connectivity index (χ0v) is 14.4. The molecule has 22 heavy (non-hydrogen) atoms. The Bertz CT molecular complexity index is 740. The average Bonchev–Trinajstić information content (AvgIpc) is 3.17. The van der Waals surface area contributed by atoms with E-state index in [0.29, 0.717) is 0 Å². The fourth-order valence-corrected chi connectivity index (χ4v) is 3.52. The van der Waals surface area contributed by atoms with Gasteiger partial charge in [-0.25, -0.2) is 0 Å². The van der Waals surface area contributed by atoms with Gasteiger partial charge in [0.25, 0.3) is 0 Å². The topological polar surface area (TPSA) is 20.7 Å². The third kappa shape index (κ3) is 2.76. The smallest absolute Gasteiger partial charge is 0.0646 e. The fraction of sp³-hybridized carbons (Fsp3) is 0.263. The van der Waals surface area contributed by atoms with Crippen LogP contribution < -0.4 is 0 Å². The van der Waals surface area contributed by atoms with Gasteiger partial charge in [0, 0.05) is 22.8 Å². The van der Waals surface area contributed by atoms with Crippen molar-refractivity contribution in [1.29, 1.82) is 0 Å². The van der Waals surface area contributed by atoms with Crippen molar-refractivity contribution >= 4 is 9.39 Å². The third-order valence-electron chi connectivity index (χ3n) is 4.29. The quantitative estimate of drug-likeness (QED) is 0.656. The highest BCUT2D eigenvalue weighted by atomic mass is 31.0. The minimum Gasteiger partial charge on any atom is -0.361 e. The van der Waals surface area contributed by atoms with Gasteiger partial charge in [0.15, 0.2) is 0 Å². The van der Waals surface area contributed by atoms with E-state index in [1.165, 1.54) is 28.3 Å². The summed E-state index contributed by atoms with van der Waals surface area (Å²) in [6.45, 7) is 4.38. The van der Waals surface area contributed by atoms with Crippen molar-refractivity contribution in [1.82, 2.24) is 9.32 Å². The van der Waals surface area contributed by atoms with Crippen LogP contribution in [0.3, 0.4) is 0 Å². The molecule has 0 aliphatic heterocycles. The lowest BCUT2D eigenvalue weighted by atomic mass is 9.93. The van der Waals surface area contributed by atoms with Gasteiger partial charge in [-0.1, -0.05) is 44.2 Å². The summed E-state index contributed by atoms with van der Waals surface area (Å²) in [6, 6.07) is 19.6. The Hall–Kier alpha value is -1.79. The minimum atomic E-state index is 0.235. The maximum atomic E-state index is 3.59. The molecule has 114 valence electrons. The molecule has 2 heterocycles. The number of nitrogens with zero attached hydrogens (tertiary/aromatic N) is 1. The lowest BCUT2D eigenvalue weighted by molar-refractivity contribution is 0.852. The molecule has 0 bridgehead atoms. The van der Waals surface area contributed by atoms with Gasteiger partial charge in [-0.2, -0.15) is 0 Å². The molecule has 0 saturated carbocycles. The molecule has 0 fully saturated rings. The summed E-state index contributed by atoms with van der Waals surface area (Å²) in [7, 11) is 2.87. The number of aromatic nitrogens is 2. The van der Waals surface area contributed by atoms with Crippen LogP contribution in [0.2, 0.25) is 0 Å². The van der Waals surface area contributed by atoms with Crippen molar-refractivity contribution in [2.45, 2.75) is 32.6 Å². The lowest BCUT2D eigenvalue weighted by Gasteiger charge is -2.18. The lowest BCUT2D eigenvalue weighted by Crippen LogP contribution is -2.07. The SMILES string of the molecule is CCc1ccc(C(c2ccccc2)c2ccc(CC)n2P)[nH]1. The summed E-state index contributed by atoms with van der Waals surface area (Å²) in [5, 5.41) is 0. The second-order valence-corrected chi connectivity index (χ2v) is 6.13. The molecule has 3 rings (SSSR count). The van der Waals surface area contributed by atoms with E-state index in [1.54, 1.807) is 0 Å². The van der Waals surface area contributed by atoms with Gasteiger partial charge in [-0.3, -0.25) is 0 Å². The maximum absolute atomic E-state index is 3.59. The van der Waals surface area contributed by atoms with Gasteiger partial charge >= 0.3 is 0 Å². The molecule has 0 aliphatic rings. The van der Waals surface area contributed by atoms with E-state index in [-0.39, 0.29) is 5.92 Å². The van der Waals surface area contributed by atoms with Crippen molar-refractivity contribution in [3.05, 3.63) is 82.9 Å². The van der Waals surface area contributed by atoms with Crippen LogP contribution in [-0.4, -0.2) is 9.32 Å². The predicted molar refractivity (Wildman–Crippen MR) is 96.5 cm³/mol. The minimum absolute atomic E-state index is 0.235. The summed E-state index contributed by atoms with van der Waals surface area (Å²) in [6.07, 6.45) is 2.07. The average molecular weight is 310 g/mol. The first kappa shape index (κ1) is 15.1. The van der Waals surface area contributed by atoms with Gasteiger partial charge in [0.05, 0.1) is 5.92 Å². The van der Waals surface area contributed by atoms with Crippen LogP contribution in [0, 0.1) is 0 Å². The first-order chi connectivity index (χ1) is 10.7. The van der Waals surface area contributed by atoms with Gasteiger partial charge in [0.2, 0.25) is 0 Å². The highest BCUT2D eigenvalue weighted by Gasteiger charge is 2.21. The molecule has 0 amide bonds. The maximum Gasteiger partial charge on any atom is 0.0646 e. The summed E-state index contributed by atoms with van der Waals surface area (Å²) >= 11 is 0. The van der Waals surface area contributed by atoms with Gasteiger partial charge in [-0.15, -0.1) is 0 Å². The van der Waals surface area contributed by atoms with Crippen molar-refractivity contribution in [2.24, 2.45) is 0 Å². The molecular formula is C19H23N2P. The summed E-state index contributed by atoms with van der Waals surface area (Å²) < 4.78 is 2.25. The summed E-state index contributed by atoms with van der Waals surface area (Å²) in [4.78, 5) is 3.59. The third-order valence-corrected chi connectivity index (χ3v) is 4.92. The molecule has 0 aliphatic carbocycles. The van der Waals surface area contributed by atoms with Gasteiger partial charge in [-0.05, 0) is 52.1 Å². The fourth-order valence-electron chi connectivity index (χ4n) is 3.02. The van der Waals surface area contributed by atoms with Crippen LogP contribution in [0.1, 0.15) is 48.1 Å². The number of rotatable bonds is 5. The molecule has 0 radical (unpaired) electrons. The Morgan fingerprint density at radius 3 is 2.32 bits per heavy atom. The molecule has 2 aromatic heterocycles. The Kier molecular flexibility index (Phi) is 4.49. The largest absolute Gasteiger partial charge is 0.361 e. The monoisotopic (exact) mass is 310 g/mol. The number of H-pyrrole nitrogens is 1. The molecular weight excluding hydrogens is 287 g/mol. The first-order valence-corrected chi connectivity index (χ1v) is 8.44. The second kappa shape index (κ2) is 6.54. The van der Waals surface area contributed by atoms with Crippen molar-refractivity contribution in [3.63, 3.8) is 0 Å². The zero-order valence-electron chi connectivity index (χ0n) is 13.2. The molecule has 2 nitrogen and oxygen atoms in total. The number of hydrogen-bond acceptors (Lipinski definition) is 0. The van der Waals surface area contributed by atoms with E-state index in [0.717, 1.165) is 12.8 Å². The van der Waals surface area contributed by atoms with Crippen LogP contribution in [0.4, 0.5) is 0 Å². The van der Waals surface area contributed by atoms with E-state index in [4.69, 9.17) is 0 Å². The molecule has 2 atom stereocenters. The van der Waals surface area contributed by atoms with Crippen molar-refractivity contribution < 1.29 is 0 Å². The standard InChI is InChI=1S/C19H23N2P/c1-3-15-10-12-17(20-15)19(14-8-6-5-7-9-14)18-13-11-16(4-2)21(18)22/h5-13,19-20H,3-4,22H2,1-2H3. The van der Waals surface area contributed by atoms with Gasteiger partial charge < -0.3 is 9.32 Å². The van der Waals surface area contributed by atoms with Crippen LogP contribution in [0.25, 0.3) is 0 Å². The van der Waals surface area contributed by atoms with E-state index >= 15 is 0 Å². The van der Waals surface area contributed by atoms with E-state index in [2.05, 4.69) is 87.2 Å². The number of aromatic amines is 1. The van der Waals surface area contributed by atoms with Crippen LogP contribution in [0.15, 0.2) is 54.6 Å². The number of benzene rings is 1. The second-order valence-electron chi connectivity index (χ2n) is 5.61. The van der Waals surface area contributed by atoms with Crippen LogP contribution >= 0.6 is 9.39 Å². The zero-order chi connectivity index (χ0) is 15.5. The predicted octanol–water partition coefficient (Wildman–Crippen LogP) is 4.76. The summed E-state index contributed by atoms with van der Waals surface area (Å²) in [5.74, 6) is 0.235. The first-order valence-electron chi connectivity index (χ1n) is 7.92. The van der Waals surface area contributed by atoms with Crippen molar-refractivity contribution in [3.8, 4) is 0 Å². The Labute approximate surface area is 134 Å². The molecule has 1 aromatic carbocycles. The Morgan fingerprint density at radius 2 is 1.73 bits per heavy atom. The number of aryl methyl sites for hydroxylation is 2. The molecule has 0 saturated heterocycles. The molecule has 2 unspecified atom stereocenters. The molecule has 3 heteroatoms. The van der Waals surface area contributed by atoms with Crippen LogP contribution in [0.5, 0.6) is 0 Å². The Morgan fingerprint density at radius 1 is 0.955 bits per heavy atom. The van der Waals surface area contributed by atoms with Gasteiger partial charge in [0.1, 0.15) is 0 Å². The van der Waals surface area contributed by atoms with Crippen molar-refractivity contribution in [2.75, 3.05) is 0 Å². The normalized spacial score (nSPS) is 12.5.